The number of benzene rings is 2. The van der Waals surface area contributed by atoms with E-state index in [0.29, 0.717) is 37.0 Å². The molecule has 1 saturated heterocycles. The van der Waals surface area contributed by atoms with Crippen molar-refractivity contribution in [1.82, 2.24) is 9.88 Å². The maximum atomic E-state index is 13.6. The minimum absolute atomic E-state index is 0.0113. The van der Waals surface area contributed by atoms with E-state index in [2.05, 4.69) is 11.0 Å². The van der Waals surface area contributed by atoms with Crippen molar-refractivity contribution in [3.05, 3.63) is 53.6 Å². The molecule has 1 aromatic heterocycles. The molecule has 0 atom stereocenters. The molecule has 0 aliphatic carbocycles. The Hall–Kier alpha value is -2.33. The van der Waals surface area contributed by atoms with Crippen LogP contribution in [0.4, 0.5) is 5.13 Å². The van der Waals surface area contributed by atoms with Gasteiger partial charge < -0.3 is 4.74 Å². The molecule has 2 aromatic carbocycles. The minimum Gasteiger partial charge on any atom is -0.379 e. The van der Waals surface area contributed by atoms with Crippen molar-refractivity contribution >= 4 is 42.4 Å². The second-order valence-electron chi connectivity index (χ2n) is 7.81. The molecule has 2 heterocycles. The number of ether oxygens (including phenoxy) is 1. The highest BCUT2D eigenvalue weighted by atomic mass is 32.2. The van der Waals surface area contributed by atoms with Crippen LogP contribution in [0.3, 0.4) is 0 Å². The summed E-state index contributed by atoms with van der Waals surface area (Å²) in [4.78, 5) is 22.4. The molecule has 0 saturated carbocycles. The molecule has 3 aromatic rings. The van der Waals surface area contributed by atoms with E-state index in [0.717, 1.165) is 28.9 Å². The number of carbonyl (C=O) groups excluding carboxylic acids is 1. The van der Waals surface area contributed by atoms with Crippen LogP contribution in [0.15, 0.2) is 47.4 Å². The van der Waals surface area contributed by atoms with Gasteiger partial charge >= 0.3 is 0 Å². The zero-order valence-electron chi connectivity index (χ0n) is 18.3. The summed E-state index contributed by atoms with van der Waals surface area (Å²) >= 11 is 1.48. The molecule has 1 amide bonds. The summed E-state index contributed by atoms with van der Waals surface area (Å²) in [5.41, 5.74) is 2.33. The molecule has 0 bridgehead atoms. The number of sulfone groups is 1. The lowest BCUT2D eigenvalue weighted by Crippen LogP contribution is -2.43. The second-order valence-corrected chi connectivity index (χ2v) is 11.1. The Balaban J connectivity index is 1.67. The predicted molar refractivity (Wildman–Crippen MR) is 127 cm³/mol. The highest BCUT2D eigenvalue weighted by Gasteiger charge is 2.24. The summed E-state index contributed by atoms with van der Waals surface area (Å²) in [6.45, 7) is 7.80. The first-order valence-corrected chi connectivity index (χ1v) is 13.2. The van der Waals surface area contributed by atoms with Crippen molar-refractivity contribution in [1.29, 1.82) is 0 Å². The van der Waals surface area contributed by atoms with Gasteiger partial charge in [-0.2, -0.15) is 0 Å². The van der Waals surface area contributed by atoms with Crippen LogP contribution in [0.25, 0.3) is 10.2 Å². The van der Waals surface area contributed by atoms with Crippen LogP contribution in [-0.4, -0.2) is 69.4 Å². The summed E-state index contributed by atoms with van der Waals surface area (Å²) in [7, 11) is -3.41. The summed E-state index contributed by atoms with van der Waals surface area (Å²) in [6, 6.07) is 12.3. The molecule has 0 spiro atoms. The number of nitrogens with zero attached hydrogens (tertiary/aromatic N) is 3. The van der Waals surface area contributed by atoms with Crippen molar-refractivity contribution in [2.45, 2.75) is 18.7 Å². The normalized spacial score (nSPS) is 15.2. The van der Waals surface area contributed by atoms with Gasteiger partial charge in [-0.1, -0.05) is 30.4 Å². The van der Waals surface area contributed by atoms with E-state index in [1.54, 1.807) is 24.0 Å². The molecule has 0 unspecified atom stereocenters. The number of amides is 1. The van der Waals surface area contributed by atoms with E-state index in [1.807, 2.05) is 19.1 Å². The monoisotopic (exact) mass is 473 g/mol. The van der Waals surface area contributed by atoms with Gasteiger partial charge in [0.25, 0.3) is 5.91 Å². The van der Waals surface area contributed by atoms with Crippen molar-refractivity contribution in [3.8, 4) is 0 Å². The van der Waals surface area contributed by atoms with Gasteiger partial charge in [0.05, 0.1) is 34.1 Å². The number of hydrogen-bond donors (Lipinski definition) is 0. The van der Waals surface area contributed by atoms with Crippen LogP contribution in [-0.2, 0) is 14.6 Å². The van der Waals surface area contributed by atoms with Gasteiger partial charge in [-0.3, -0.25) is 14.6 Å². The Labute approximate surface area is 192 Å². The van der Waals surface area contributed by atoms with Gasteiger partial charge in [-0.05, 0) is 42.8 Å². The molecule has 32 heavy (non-hydrogen) atoms. The van der Waals surface area contributed by atoms with E-state index >= 15 is 0 Å². The Morgan fingerprint density at radius 1 is 1.19 bits per heavy atom. The van der Waals surface area contributed by atoms with Gasteiger partial charge in [0.2, 0.25) is 0 Å². The van der Waals surface area contributed by atoms with Crippen LogP contribution >= 0.6 is 11.3 Å². The van der Waals surface area contributed by atoms with E-state index in [9.17, 15) is 13.2 Å². The van der Waals surface area contributed by atoms with Gasteiger partial charge in [-0.15, -0.1) is 0 Å². The molecule has 4 rings (SSSR count). The van der Waals surface area contributed by atoms with Crippen LogP contribution < -0.4 is 4.90 Å². The first kappa shape index (κ1) is 22.8. The van der Waals surface area contributed by atoms with Gasteiger partial charge in [0.1, 0.15) is 0 Å². The van der Waals surface area contributed by atoms with Crippen LogP contribution in [0.5, 0.6) is 0 Å². The zero-order valence-corrected chi connectivity index (χ0v) is 19.9. The topological polar surface area (TPSA) is 79.8 Å². The molecule has 9 heteroatoms. The largest absolute Gasteiger partial charge is 0.379 e. The lowest BCUT2D eigenvalue weighted by Gasteiger charge is -2.29. The van der Waals surface area contributed by atoms with Gasteiger partial charge in [-0.25, -0.2) is 13.4 Å². The van der Waals surface area contributed by atoms with Crippen molar-refractivity contribution in [2.75, 3.05) is 50.0 Å². The first-order valence-electron chi connectivity index (χ1n) is 10.7. The molecule has 1 aliphatic heterocycles. The van der Waals surface area contributed by atoms with Gasteiger partial charge in [0, 0.05) is 31.7 Å². The first-order chi connectivity index (χ1) is 15.4. The van der Waals surface area contributed by atoms with Crippen LogP contribution in [0, 0.1) is 6.92 Å². The number of aryl methyl sites for hydroxylation is 1. The summed E-state index contributed by atoms with van der Waals surface area (Å²) in [5.74, 6) is -0.259. The third-order valence-corrected chi connectivity index (χ3v) is 8.35. The number of fused-ring (bicyclic) bond motifs is 1. The van der Waals surface area contributed by atoms with E-state index in [1.165, 1.54) is 23.5 Å². The fourth-order valence-corrected chi connectivity index (χ4v) is 5.64. The van der Waals surface area contributed by atoms with Crippen molar-refractivity contribution in [3.63, 3.8) is 0 Å². The van der Waals surface area contributed by atoms with Crippen LogP contribution in [0.1, 0.15) is 22.8 Å². The Bertz CT molecular complexity index is 1220. The fraction of sp³-hybridized carbons (Fsp3) is 0.391. The standard InChI is InChI=1S/C23H27N3O4S2/c1-3-32(28,29)19-6-4-5-18(16-19)22(27)26(10-9-25-11-13-30-14-12-25)23-24-20-8-7-17(2)15-21(20)31-23/h4-8,15-16H,3,9-14H2,1-2H3. The average Bonchev–Trinajstić information content (AvgIpc) is 3.22. The summed E-state index contributed by atoms with van der Waals surface area (Å²) in [6.07, 6.45) is 0. The second kappa shape index (κ2) is 9.66. The van der Waals surface area contributed by atoms with E-state index < -0.39 is 9.84 Å². The van der Waals surface area contributed by atoms with E-state index in [4.69, 9.17) is 9.72 Å². The lowest BCUT2D eigenvalue weighted by molar-refractivity contribution is 0.0391. The quantitative estimate of drug-likeness (QED) is 0.523. The SMILES string of the molecule is CCS(=O)(=O)c1cccc(C(=O)N(CCN2CCOCC2)c2nc3ccc(C)cc3s2)c1. The third kappa shape index (κ3) is 5.01. The highest BCUT2D eigenvalue weighted by Crippen LogP contribution is 2.30. The molecule has 7 nitrogen and oxygen atoms in total. The predicted octanol–water partition coefficient (Wildman–Crippen LogP) is 3.38. The average molecular weight is 474 g/mol. The number of carbonyl (C=O) groups is 1. The molecular formula is C23H27N3O4S2. The highest BCUT2D eigenvalue weighted by molar-refractivity contribution is 7.91. The zero-order chi connectivity index (χ0) is 22.7. The Morgan fingerprint density at radius 3 is 2.72 bits per heavy atom. The number of hydrogen-bond acceptors (Lipinski definition) is 7. The molecular weight excluding hydrogens is 446 g/mol. The fourth-order valence-electron chi connectivity index (χ4n) is 3.63. The lowest BCUT2D eigenvalue weighted by atomic mass is 10.2. The molecule has 0 radical (unpaired) electrons. The molecule has 170 valence electrons. The molecule has 0 N–H and O–H groups in total. The molecule has 1 aliphatic rings. The number of anilines is 1. The third-order valence-electron chi connectivity index (χ3n) is 5.57. The summed E-state index contributed by atoms with van der Waals surface area (Å²) in [5, 5.41) is 0.618. The van der Waals surface area contributed by atoms with Gasteiger partial charge in [0.15, 0.2) is 15.0 Å². The number of rotatable bonds is 7. The van der Waals surface area contributed by atoms with Crippen molar-refractivity contribution in [2.24, 2.45) is 0 Å². The Morgan fingerprint density at radius 2 is 1.97 bits per heavy atom. The van der Waals surface area contributed by atoms with E-state index in [-0.39, 0.29) is 16.6 Å². The minimum atomic E-state index is -3.41. The maximum absolute atomic E-state index is 13.6. The molecule has 1 fully saturated rings. The van der Waals surface area contributed by atoms with Crippen LogP contribution in [0.2, 0.25) is 0 Å². The van der Waals surface area contributed by atoms with Crippen molar-refractivity contribution < 1.29 is 17.9 Å². The number of aromatic nitrogens is 1. The maximum Gasteiger partial charge on any atom is 0.260 e. The Kier molecular flexibility index (Phi) is 6.90. The smallest absolute Gasteiger partial charge is 0.260 e. The summed E-state index contributed by atoms with van der Waals surface area (Å²) < 4.78 is 31.1. The number of thiazole rings is 1. The number of morpholine rings is 1.